The molecule has 1 aromatic heterocycles. The molecule has 1 aliphatic heterocycles. The van der Waals surface area contributed by atoms with Gasteiger partial charge in [0.05, 0.1) is 29.6 Å². The summed E-state index contributed by atoms with van der Waals surface area (Å²) in [5, 5.41) is 11.7. The molecule has 0 saturated carbocycles. The maximum absolute atomic E-state index is 13.2. The number of fused-ring (bicyclic) bond motifs is 1. The summed E-state index contributed by atoms with van der Waals surface area (Å²) in [6, 6.07) is 21.8. The van der Waals surface area contributed by atoms with Crippen molar-refractivity contribution in [1.82, 2.24) is 14.8 Å². The second-order valence-corrected chi connectivity index (χ2v) is 10.5. The van der Waals surface area contributed by atoms with Crippen LogP contribution in [-0.2, 0) is 4.74 Å². The Labute approximate surface area is 239 Å². The summed E-state index contributed by atoms with van der Waals surface area (Å²) in [5.41, 5.74) is 3.71. The lowest BCUT2D eigenvalue weighted by Crippen LogP contribution is -2.40. The second-order valence-electron chi connectivity index (χ2n) is 10.5. The van der Waals surface area contributed by atoms with Crippen LogP contribution in [0.3, 0.4) is 0 Å². The molecule has 9 nitrogen and oxygen atoms in total. The number of hydrogen-bond acceptors (Lipinski definition) is 7. The minimum atomic E-state index is -0.831. The van der Waals surface area contributed by atoms with Crippen LogP contribution in [0.4, 0.5) is 10.5 Å². The summed E-state index contributed by atoms with van der Waals surface area (Å²) in [6.45, 7) is 2.58. The van der Waals surface area contributed by atoms with E-state index in [-0.39, 0.29) is 17.5 Å². The van der Waals surface area contributed by atoms with Crippen molar-refractivity contribution in [2.24, 2.45) is 10.9 Å². The fourth-order valence-corrected chi connectivity index (χ4v) is 5.29. The van der Waals surface area contributed by atoms with E-state index in [1.807, 2.05) is 47.4 Å². The van der Waals surface area contributed by atoms with Gasteiger partial charge in [0.1, 0.15) is 5.75 Å². The number of carbonyl (C=O) groups excluding carboxylic acids is 2. The summed E-state index contributed by atoms with van der Waals surface area (Å²) in [5.74, 6) is 0.862. The minimum Gasteiger partial charge on any atom is -0.494 e. The Hall–Kier alpha value is -4.63. The van der Waals surface area contributed by atoms with Crippen LogP contribution in [0.1, 0.15) is 34.3 Å². The Morgan fingerprint density at radius 3 is 2.37 bits per heavy atom. The highest BCUT2D eigenvalue weighted by atomic mass is 16.7. The number of aromatic amines is 1. The van der Waals surface area contributed by atoms with Gasteiger partial charge in [-0.2, -0.15) is 0 Å². The number of nitrogens with zero attached hydrogens (tertiary/aromatic N) is 3. The first kappa shape index (κ1) is 27.9. The van der Waals surface area contributed by atoms with Crippen molar-refractivity contribution in [3.05, 3.63) is 89.5 Å². The molecule has 1 amide bonds. The molecule has 1 fully saturated rings. The van der Waals surface area contributed by atoms with Gasteiger partial charge < -0.3 is 29.4 Å². The van der Waals surface area contributed by atoms with Gasteiger partial charge in [-0.1, -0.05) is 30.3 Å². The smallest absolute Gasteiger partial charge is 0.494 e. The van der Waals surface area contributed by atoms with Crippen molar-refractivity contribution < 1.29 is 24.2 Å². The van der Waals surface area contributed by atoms with E-state index in [0.717, 1.165) is 38.0 Å². The molecular weight excluding hydrogens is 520 g/mol. The van der Waals surface area contributed by atoms with Crippen LogP contribution in [0.2, 0.25) is 0 Å². The highest BCUT2D eigenvalue weighted by Gasteiger charge is 2.24. The molecule has 1 aliphatic rings. The second kappa shape index (κ2) is 12.3. The first-order valence-corrected chi connectivity index (χ1v) is 13.6. The zero-order valence-electron chi connectivity index (χ0n) is 23.5. The Morgan fingerprint density at radius 2 is 1.71 bits per heavy atom. The molecule has 0 bridgehead atoms. The lowest BCUT2D eigenvalue weighted by atomic mass is 9.96. The third kappa shape index (κ3) is 6.41. The molecule has 1 saturated heterocycles. The topological polar surface area (TPSA) is 107 Å². The van der Waals surface area contributed by atoms with Gasteiger partial charge in [-0.25, -0.2) is 9.79 Å². The van der Waals surface area contributed by atoms with E-state index < -0.39 is 6.16 Å². The van der Waals surface area contributed by atoms with Crippen molar-refractivity contribution in [2.45, 2.75) is 12.8 Å². The van der Waals surface area contributed by atoms with Gasteiger partial charge in [0.2, 0.25) is 0 Å². The van der Waals surface area contributed by atoms with Crippen LogP contribution in [0.25, 0.3) is 10.9 Å². The number of H-pyrrole nitrogens is 1. The van der Waals surface area contributed by atoms with Crippen molar-refractivity contribution in [3.8, 4) is 11.6 Å². The number of aromatic nitrogens is 1. The number of benzene rings is 3. The van der Waals surface area contributed by atoms with Crippen LogP contribution in [-0.4, -0.2) is 78.5 Å². The molecule has 212 valence electrons. The number of amides is 1. The van der Waals surface area contributed by atoms with Crippen LogP contribution in [0.5, 0.6) is 11.6 Å². The predicted molar refractivity (Wildman–Crippen MR) is 158 cm³/mol. The van der Waals surface area contributed by atoms with E-state index in [1.54, 1.807) is 30.3 Å². The van der Waals surface area contributed by atoms with Gasteiger partial charge in [-0.05, 0) is 69.3 Å². The van der Waals surface area contributed by atoms with Crippen LogP contribution < -0.4 is 4.74 Å². The highest BCUT2D eigenvalue weighted by molar-refractivity contribution is 6.22. The number of likely N-dealkylation sites (tertiary alicyclic amines) is 1. The molecule has 0 aliphatic carbocycles. The fourth-order valence-electron chi connectivity index (χ4n) is 5.29. The number of rotatable bonds is 7. The standard InChI is InChI=1S/C32H34N4O5/c1-35(2)20-21-15-17-36(18-16-21)31(38)23-9-11-24(12-10-23)33-29(22-7-5-4-6-8-22)28-26-14-13-25(41-32(39)40-3)19-27(26)34-30(28)37/h4-14,19,21,34,37H,15-18,20H2,1-3H3. The lowest BCUT2D eigenvalue weighted by molar-refractivity contribution is 0.0678. The summed E-state index contributed by atoms with van der Waals surface area (Å²) in [6.07, 6.45) is 1.19. The minimum absolute atomic E-state index is 0.0337. The van der Waals surface area contributed by atoms with E-state index in [2.05, 4.69) is 28.7 Å². The number of ether oxygens (including phenoxy) is 2. The summed E-state index contributed by atoms with van der Waals surface area (Å²) >= 11 is 0. The molecule has 3 aromatic carbocycles. The van der Waals surface area contributed by atoms with Crippen LogP contribution >= 0.6 is 0 Å². The van der Waals surface area contributed by atoms with Gasteiger partial charge in [0, 0.05) is 42.2 Å². The Morgan fingerprint density at radius 1 is 1.00 bits per heavy atom. The summed E-state index contributed by atoms with van der Waals surface area (Å²) < 4.78 is 9.70. The molecular formula is C32H34N4O5. The normalized spacial score (nSPS) is 14.4. The maximum atomic E-state index is 13.2. The van der Waals surface area contributed by atoms with Crippen molar-refractivity contribution in [3.63, 3.8) is 0 Å². The van der Waals surface area contributed by atoms with Crippen LogP contribution in [0.15, 0.2) is 77.8 Å². The quantitative estimate of drug-likeness (QED) is 0.175. The van der Waals surface area contributed by atoms with E-state index in [0.29, 0.717) is 39.3 Å². The average Bonchev–Trinajstić information content (AvgIpc) is 3.31. The van der Waals surface area contributed by atoms with Gasteiger partial charge in [0.25, 0.3) is 5.91 Å². The summed E-state index contributed by atoms with van der Waals surface area (Å²) in [4.78, 5) is 36.7. The number of carbonyl (C=O) groups is 2. The third-order valence-electron chi connectivity index (χ3n) is 7.28. The number of hydrogen-bond donors (Lipinski definition) is 2. The molecule has 2 N–H and O–H groups in total. The third-order valence-corrected chi connectivity index (χ3v) is 7.28. The van der Waals surface area contributed by atoms with Crippen molar-refractivity contribution in [2.75, 3.05) is 40.8 Å². The zero-order chi connectivity index (χ0) is 28.9. The van der Waals surface area contributed by atoms with Gasteiger partial charge >= 0.3 is 6.16 Å². The number of aromatic hydroxyl groups is 1. The van der Waals surface area contributed by atoms with E-state index >= 15 is 0 Å². The van der Waals surface area contributed by atoms with E-state index in [1.165, 1.54) is 7.11 Å². The van der Waals surface area contributed by atoms with E-state index in [9.17, 15) is 14.7 Å². The number of nitrogens with one attached hydrogen (secondary N) is 1. The number of aliphatic imine (C=N–C) groups is 1. The van der Waals surface area contributed by atoms with E-state index in [4.69, 9.17) is 9.73 Å². The molecule has 2 heterocycles. The summed E-state index contributed by atoms with van der Waals surface area (Å²) in [7, 11) is 5.41. The van der Waals surface area contributed by atoms with Gasteiger partial charge in [-0.3, -0.25) is 4.79 Å². The first-order chi connectivity index (χ1) is 19.8. The SMILES string of the molecule is COC(=O)Oc1ccc2c(C(=Nc3ccc(C(=O)N4CCC(CN(C)C)CC4)cc3)c3ccccc3)c(O)[nH]c2c1. The highest BCUT2D eigenvalue weighted by Crippen LogP contribution is 2.33. The Kier molecular flexibility index (Phi) is 8.35. The molecule has 0 atom stereocenters. The number of piperidine rings is 1. The average molecular weight is 555 g/mol. The zero-order valence-corrected chi connectivity index (χ0v) is 23.5. The largest absolute Gasteiger partial charge is 0.513 e. The van der Waals surface area contributed by atoms with Crippen molar-refractivity contribution in [1.29, 1.82) is 0 Å². The monoisotopic (exact) mass is 554 g/mol. The molecule has 9 heteroatoms. The Balaban J connectivity index is 1.43. The molecule has 4 aromatic rings. The van der Waals surface area contributed by atoms with Crippen molar-refractivity contribution >= 4 is 34.4 Å². The molecule has 5 rings (SSSR count). The maximum Gasteiger partial charge on any atom is 0.513 e. The van der Waals surface area contributed by atoms with Gasteiger partial charge in [0.15, 0.2) is 5.88 Å². The molecule has 0 spiro atoms. The molecule has 0 radical (unpaired) electrons. The molecule has 41 heavy (non-hydrogen) atoms. The Bertz CT molecular complexity index is 1550. The molecule has 0 unspecified atom stereocenters. The van der Waals surface area contributed by atoms with Crippen LogP contribution in [0, 0.1) is 5.92 Å². The van der Waals surface area contributed by atoms with Gasteiger partial charge in [-0.15, -0.1) is 0 Å². The fraction of sp³-hybridized carbons (Fsp3) is 0.281. The first-order valence-electron chi connectivity index (χ1n) is 13.6. The predicted octanol–water partition coefficient (Wildman–Crippen LogP) is 5.60. The number of methoxy groups -OCH3 is 1. The lowest BCUT2D eigenvalue weighted by Gasteiger charge is -2.33.